The van der Waals surface area contributed by atoms with E-state index in [1.807, 2.05) is 0 Å². The van der Waals surface area contributed by atoms with Gasteiger partial charge in [0.15, 0.2) is 0 Å². The van der Waals surface area contributed by atoms with E-state index in [-0.39, 0.29) is 11.3 Å². The summed E-state index contributed by atoms with van der Waals surface area (Å²) < 4.78 is 5.67. The number of amides is 1. The third kappa shape index (κ3) is 3.05. The maximum absolute atomic E-state index is 13.0. The van der Waals surface area contributed by atoms with Gasteiger partial charge in [-0.2, -0.15) is 0 Å². The van der Waals surface area contributed by atoms with Crippen molar-refractivity contribution in [3.8, 4) is 0 Å². The first-order valence-electron chi connectivity index (χ1n) is 9.52. The van der Waals surface area contributed by atoms with E-state index >= 15 is 0 Å². The fraction of sp³-hybridized carbons (Fsp3) is 0.947. The lowest BCUT2D eigenvalue weighted by molar-refractivity contribution is -0.142. The van der Waals surface area contributed by atoms with Crippen LogP contribution < -0.4 is 10.6 Å². The van der Waals surface area contributed by atoms with Crippen molar-refractivity contribution in [2.75, 3.05) is 20.2 Å². The predicted molar refractivity (Wildman–Crippen MR) is 92.1 cm³/mol. The molecule has 1 heterocycles. The lowest BCUT2D eigenvalue weighted by Crippen LogP contribution is -2.66. The van der Waals surface area contributed by atoms with Crippen molar-refractivity contribution in [1.82, 2.24) is 10.6 Å². The molecule has 0 radical (unpaired) electrons. The third-order valence-corrected chi connectivity index (χ3v) is 6.97. The second-order valence-corrected chi connectivity index (χ2v) is 8.61. The Morgan fingerprint density at radius 3 is 2.70 bits per heavy atom. The van der Waals surface area contributed by atoms with Gasteiger partial charge in [-0.1, -0.05) is 27.2 Å². The smallest absolute Gasteiger partial charge is 0.223 e. The summed E-state index contributed by atoms with van der Waals surface area (Å²) in [5, 5.41) is 6.89. The second kappa shape index (κ2) is 6.72. The number of methoxy groups -OCH3 is 1. The summed E-state index contributed by atoms with van der Waals surface area (Å²) in [5.41, 5.74) is 0.137. The molecule has 1 amide bonds. The Kier molecular flexibility index (Phi) is 5.03. The molecule has 1 saturated heterocycles. The molecule has 0 bridgehead atoms. The van der Waals surface area contributed by atoms with Gasteiger partial charge < -0.3 is 15.4 Å². The van der Waals surface area contributed by atoms with Crippen LogP contribution in [-0.4, -0.2) is 38.3 Å². The molecule has 2 aliphatic carbocycles. The Hall–Kier alpha value is -0.610. The molecule has 3 aliphatic rings. The molecule has 0 aromatic heterocycles. The largest absolute Gasteiger partial charge is 0.381 e. The lowest BCUT2D eigenvalue weighted by Gasteiger charge is -2.53. The first-order valence-corrected chi connectivity index (χ1v) is 9.52. The van der Waals surface area contributed by atoms with Crippen LogP contribution in [0.2, 0.25) is 0 Å². The van der Waals surface area contributed by atoms with Gasteiger partial charge in [0, 0.05) is 31.0 Å². The van der Waals surface area contributed by atoms with Crippen molar-refractivity contribution in [3.63, 3.8) is 0 Å². The van der Waals surface area contributed by atoms with Gasteiger partial charge in [0.25, 0.3) is 0 Å². The van der Waals surface area contributed by atoms with Gasteiger partial charge in [0.2, 0.25) is 5.91 Å². The van der Waals surface area contributed by atoms with E-state index in [0.717, 1.165) is 32.4 Å². The zero-order valence-corrected chi connectivity index (χ0v) is 15.2. The molecule has 132 valence electrons. The molecule has 23 heavy (non-hydrogen) atoms. The van der Waals surface area contributed by atoms with E-state index < -0.39 is 0 Å². The topological polar surface area (TPSA) is 50.4 Å². The first kappa shape index (κ1) is 17.2. The Labute approximate surface area is 141 Å². The molecular formula is C19H34N2O2. The number of hydrogen-bond donors (Lipinski definition) is 2. The Morgan fingerprint density at radius 2 is 2.09 bits per heavy atom. The highest BCUT2D eigenvalue weighted by atomic mass is 16.5. The third-order valence-electron chi connectivity index (χ3n) is 6.97. The minimum atomic E-state index is 0.137. The van der Waals surface area contributed by atoms with E-state index in [0.29, 0.717) is 35.8 Å². The highest BCUT2D eigenvalue weighted by Gasteiger charge is 2.57. The van der Waals surface area contributed by atoms with Gasteiger partial charge in [0.05, 0.1) is 6.10 Å². The zero-order chi connectivity index (χ0) is 16.6. The van der Waals surface area contributed by atoms with Crippen LogP contribution in [0.25, 0.3) is 0 Å². The molecule has 0 aromatic carbocycles. The summed E-state index contributed by atoms with van der Waals surface area (Å²) in [6, 6.07) is 0.292. The molecule has 6 atom stereocenters. The Balaban J connectivity index is 1.66. The maximum atomic E-state index is 13.0. The Morgan fingerprint density at radius 1 is 1.30 bits per heavy atom. The molecule has 2 saturated carbocycles. The molecule has 0 aromatic rings. The van der Waals surface area contributed by atoms with Crippen molar-refractivity contribution in [3.05, 3.63) is 0 Å². The summed E-state index contributed by atoms with van der Waals surface area (Å²) in [6.45, 7) is 8.86. The van der Waals surface area contributed by atoms with E-state index in [1.54, 1.807) is 7.11 Å². The van der Waals surface area contributed by atoms with Crippen LogP contribution >= 0.6 is 0 Å². The summed E-state index contributed by atoms with van der Waals surface area (Å²) >= 11 is 0. The van der Waals surface area contributed by atoms with Crippen LogP contribution in [0.4, 0.5) is 0 Å². The molecule has 1 aliphatic heterocycles. The van der Waals surface area contributed by atoms with E-state index in [2.05, 4.69) is 31.4 Å². The quantitative estimate of drug-likeness (QED) is 0.836. The van der Waals surface area contributed by atoms with Crippen LogP contribution in [0.1, 0.15) is 52.9 Å². The van der Waals surface area contributed by atoms with Gasteiger partial charge in [-0.05, 0) is 50.0 Å². The second-order valence-electron chi connectivity index (χ2n) is 8.61. The molecule has 3 rings (SSSR count). The zero-order valence-electron chi connectivity index (χ0n) is 15.2. The standard InChI is InChI=1S/C19H34N2O2/c1-12(2)14-6-5-13(3)9-15(14)18(22)21-16-10-17(23-4)19(16)7-8-20-11-19/h12-17,20H,5-11H2,1-4H3,(H,21,22)/t13-,14+,15-,16?,17?,19?/m1/s1. The van der Waals surface area contributed by atoms with Gasteiger partial charge in [-0.3, -0.25) is 4.79 Å². The lowest BCUT2D eigenvalue weighted by atomic mass is 9.60. The number of hydrogen-bond acceptors (Lipinski definition) is 3. The predicted octanol–water partition coefficient (Wildman–Crippen LogP) is 2.58. The van der Waals surface area contributed by atoms with Gasteiger partial charge >= 0.3 is 0 Å². The SMILES string of the molecule is COC1CC(NC(=O)[C@@H]2C[C@H](C)CC[C@H]2C(C)C)C12CCNC2. The minimum absolute atomic E-state index is 0.137. The molecule has 4 nitrogen and oxygen atoms in total. The van der Waals surface area contributed by atoms with Crippen molar-refractivity contribution in [2.45, 2.75) is 65.0 Å². The van der Waals surface area contributed by atoms with Gasteiger partial charge in [0.1, 0.15) is 0 Å². The van der Waals surface area contributed by atoms with Crippen molar-refractivity contribution in [1.29, 1.82) is 0 Å². The normalized spacial score (nSPS) is 43.6. The first-order chi connectivity index (χ1) is 11.0. The van der Waals surface area contributed by atoms with Gasteiger partial charge in [-0.15, -0.1) is 0 Å². The molecular weight excluding hydrogens is 288 g/mol. The number of ether oxygens (including phenoxy) is 1. The van der Waals surface area contributed by atoms with Crippen molar-refractivity contribution < 1.29 is 9.53 Å². The minimum Gasteiger partial charge on any atom is -0.381 e. The number of carbonyl (C=O) groups excluding carboxylic acids is 1. The average Bonchev–Trinajstić information content (AvgIpc) is 3.03. The summed E-state index contributed by atoms with van der Waals surface area (Å²) in [7, 11) is 1.81. The van der Waals surface area contributed by atoms with E-state index in [4.69, 9.17) is 4.74 Å². The van der Waals surface area contributed by atoms with E-state index in [9.17, 15) is 4.79 Å². The highest BCUT2D eigenvalue weighted by molar-refractivity contribution is 5.79. The van der Waals surface area contributed by atoms with Gasteiger partial charge in [-0.25, -0.2) is 0 Å². The van der Waals surface area contributed by atoms with Crippen LogP contribution in [0, 0.1) is 29.1 Å². The number of nitrogens with one attached hydrogen (secondary N) is 2. The Bertz CT molecular complexity index is 431. The molecule has 1 spiro atoms. The summed E-state index contributed by atoms with van der Waals surface area (Å²) in [5.74, 6) is 2.32. The number of carbonyl (C=O) groups is 1. The molecule has 2 N–H and O–H groups in total. The highest BCUT2D eigenvalue weighted by Crippen LogP contribution is 2.48. The number of rotatable bonds is 4. The van der Waals surface area contributed by atoms with Crippen molar-refractivity contribution >= 4 is 5.91 Å². The van der Waals surface area contributed by atoms with E-state index in [1.165, 1.54) is 12.8 Å². The molecule has 3 unspecified atom stereocenters. The van der Waals surface area contributed by atoms with Crippen molar-refractivity contribution in [2.24, 2.45) is 29.1 Å². The van der Waals surface area contributed by atoms with Crippen LogP contribution in [0.3, 0.4) is 0 Å². The van der Waals surface area contributed by atoms with Crippen LogP contribution in [0.15, 0.2) is 0 Å². The average molecular weight is 322 g/mol. The monoisotopic (exact) mass is 322 g/mol. The molecule has 3 fully saturated rings. The fourth-order valence-corrected chi connectivity index (χ4v) is 5.37. The fourth-order valence-electron chi connectivity index (χ4n) is 5.37. The molecule has 4 heteroatoms. The van der Waals surface area contributed by atoms with Crippen LogP contribution in [0.5, 0.6) is 0 Å². The maximum Gasteiger partial charge on any atom is 0.223 e. The summed E-state index contributed by atoms with van der Waals surface area (Å²) in [6.07, 6.45) is 5.92. The van der Waals surface area contributed by atoms with Crippen LogP contribution in [-0.2, 0) is 9.53 Å². The summed E-state index contributed by atoms with van der Waals surface area (Å²) in [4.78, 5) is 13.0.